The van der Waals surface area contributed by atoms with Crippen molar-refractivity contribution in [3.05, 3.63) is 0 Å². The van der Waals surface area contributed by atoms with E-state index >= 15 is 0 Å². The van der Waals surface area contributed by atoms with Gasteiger partial charge >= 0.3 is 0 Å². The first-order chi connectivity index (χ1) is 10.2. The predicted molar refractivity (Wildman–Crippen MR) is 72.1 cm³/mol. The van der Waals surface area contributed by atoms with E-state index in [0.29, 0.717) is 0 Å². The summed E-state index contributed by atoms with van der Waals surface area (Å²) in [6.07, 6.45) is -2.27. The third kappa shape index (κ3) is 8.64. The lowest BCUT2D eigenvalue weighted by atomic mass is 10.3. The third-order valence-corrected chi connectivity index (χ3v) is 2.90. The van der Waals surface area contributed by atoms with Gasteiger partial charge in [-0.25, -0.2) is 0 Å². The van der Waals surface area contributed by atoms with Crippen LogP contribution in [0.5, 0.6) is 0 Å². The molecule has 0 saturated carbocycles. The smallest absolute Gasteiger partial charge is 0.104 e. The average molecular weight is 310 g/mol. The molecule has 0 amide bonds. The van der Waals surface area contributed by atoms with Crippen LogP contribution in [-0.2, 0) is 23.7 Å². The van der Waals surface area contributed by atoms with E-state index in [2.05, 4.69) is 0 Å². The van der Waals surface area contributed by atoms with E-state index < -0.39 is 18.3 Å². The maximum atomic E-state index is 9.60. The summed E-state index contributed by atoms with van der Waals surface area (Å²) in [6.45, 7) is 0.952. The quantitative estimate of drug-likeness (QED) is 0.544. The highest BCUT2D eigenvalue weighted by atomic mass is 16.6. The fourth-order valence-electron chi connectivity index (χ4n) is 1.69. The molecule has 8 heteroatoms. The molecule has 8 nitrogen and oxygen atoms in total. The summed E-state index contributed by atoms with van der Waals surface area (Å²) in [5.74, 6) is 0. The van der Waals surface area contributed by atoms with Crippen LogP contribution in [0, 0.1) is 0 Å². The number of ether oxygens (including phenoxy) is 5. The van der Waals surface area contributed by atoms with Crippen LogP contribution in [0.15, 0.2) is 0 Å². The van der Waals surface area contributed by atoms with Crippen molar-refractivity contribution >= 4 is 0 Å². The SMILES string of the molecule is COC(CO)COC1COCC(O)COCC(O)COC1. The molecule has 0 aromatic heterocycles. The fourth-order valence-corrected chi connectivity index (χ4v) is 1.69. The van der Waals surface area contributed by atoms with Crippen molar-refractivity contribution < 1.29 is 39.0 Å². The van der Waals surface area contributed by atoms with Crippen molar-refractivity contribution in [1.82, 2.24) is 0 Å². The Labute approximate surface area is 124 Å². The Morgan fingerprint density at radius 3 is 1.86 bits per heavy atom. The monoisotopic (exact) mass is 310 g/mol. The van der Waals surface area contributed by atoms with Gasteiger partial charge in [0.15, 0.2) is 0 Å². The molecule has 1 aliphatic heterocycles. The van der Waals surface area contributed by atoms with Gasteiger partial charge < -0.3 is 39.0 Å². The zero-order chi connectivity index (χ0) is 15.5. The second-order valence-electron chi connectivity index (χ2n) is 4.92. The van der Waals surface area contributed by atoms with Gasteiger partial charge in [-0.3, -0.25) is 0 Å². The molecule has 1 heterocycles. The van der Waals surface area contributed by atoms with Crippen LogP contribution >= 0.6 is 0 Å². The van der Waals surface area contributed by atoms with Crippen molar-refractivity contribution in [2.75, 3.05) is 60.0 Å². The summed E-state index contributed by atoms with van der Waals surface area (Å²) in [7, 11) is 1.49. The van der Waals surface area contributed by atoms with E-state index in [1.807, 2.05) is 0 Å². The first-order valence-corrected chi connectivity index (χ1v) is 7.00. The van der Waals surface area contributed by atoms with Crippen molar-refractivity contribution in [1.29, 1.82) is 0 Å². The van der Waals surface area contributed by atoms with Gasteiger partial charge in [0.2, 0.25) is 0 Å². The highest BCUT2D eigenvalue weighted by Gasteiger charge is 2.17. The molecule has 3 atom stereocenters. The number of hydrogen-bond acceptors (Lipinski definition) is 8. The number of aliphatic hydroxyl groups is 3. The van der Waals surface area contributed by atoms with E-state index in [1.165, 1.54) is 7.11 Å². The maximum Gasteiger partial charge on any atom is 0.104 e. The molecule has 1 rings (SSSR count). The Balaban J connectivity index is 2.40. The number of rotatable bonds is 5. The van der Waals surface area contributed by atoms with Crippen LogP contribution in [0.4, 0.5) is 0 Å². The molecule has 126 valence electrons. The standard InChI is InChI=1S/C13H26O8/c1-17-12(2-14)9-21-13-7-19-5-10(15)3-18-4-11(16)6-20-8-13/h10-16H,2-9H2,1H3. The molecule has 1 aliphatic rings. The molecule has 0 aromatic rings. The lowest BCUT2D eigenvalue weighted by molar-refractivity contribution is -0.123. The molecule has 0 bridgehead atoms. The molecule has 21 heavy (non-hydrogen) atoms. The molecular formula is C13H26O8. The number of aliphatic hydroxyl groups excluding tert-OH is 3. The van der Waals surface area contributed by atoms with Gasteiger partial charge in [0.25, 0.3) is 0 Å². The normalized spacial score (nSPS) is 31.1. The van der Waals surface area contributed by atoms with E-state index in [0.717, 1.165) is 0 Å². The Kier molecular flexibility index (Phi) is 10.1. The van der Waals surface area contributed by atoms with Crippen LogP contribution in [0.2, 0.25) is 0 Å². The third-order valence-electron chi connectivity index (χ3n) is 2.90. The zero-order valence-electron chi connectivity index (χ0n) is 12.3. The first-order valence-electron chi connectivity index (χ1n) is 7.00. The molecule has 0 aromatic carbocycles. The second-order valence-corrected chi connectivity index (χ2v) is 4.92. The van der Waals surface area contributed by atoms with E-state index in [-0.39, 0.29) is 59.0 Å². The summed E-state index contributed by atoms with van der Waals surface area (Å²) >= 11 is 0. The van der Waals surface area contributed by atoms with Gasteiger partial charge in [0.05, 0.1) is 52.9 Å². The number of hydrogen-bond donors (Lipinski definition) is 3. The molecular weight excluding hydrogens is 284 g/mol. The highest BCUT2D eigenvalue weighted by Crippen LogP contribution is 2.02. The largest absolute Gasteiger partial charge is 0.394 e. The zero-order valence-corrected chi connectivity index (χ0v) is 12.3. The van der Waals surface area contributed by atoms with Crippen LogP contribution in [0.3, 0.4) is 0 Å². The van der Waals surface area contributed by atoms with Crippen LogP contribution in [-0.4, -0.2) is 99.7 Å². The van der Waals surface area contributed by atoms with Crippen molar-refractivity contribution in [2.45, 2.75) is 24.4 Å². The maximum absolute atomic E-state index is 9.60. The topological polar surface area (TPSA) is 107 Å². The first kappa shape index (κ1) is 18.7. The highest BCUT2D eigenvalue weighted by molar-refractivity contribution is 4.63. The molecule has 1 fully saturated rings. The van der Waals surface area contributed by atoms with Crippen LogP contribution in [0.25, 0.3) is 0 Å². The fraction of sp³-hybridized carbons (Fsp3) is 1.00. The second kappa shape index (κ2) is 11.3. The van der Waals surface area contributed by atoms with Gasteiger partial charge in [0.1, 0.15) is 24.4 Å². The Hall–Kier alpha value is -0.320. The van der Waals surface area contributed by atoms with E-state index in [9.17, 15) is 10.2 Å². The van der Waals surface area contributed by atoms with Crippen LogP contribution < -0.4 is 0 Å². The molecule has 0 radical (unpaired) electrons. The summed E-state index contributed by atoms with van der Waals surface area (Å²) in [4.78, 5) is 0. The summed E-state index contributed by atoms with van der Waals surface area (Å²) in [5.41, 5.74) is 0. The molecule has 3 unspecified atom stereocenters. The van der Waals surface area contributed by atoms with Gasteiger partial charge in [-0.15, -0.1) is 0 Å². The summed E-state index contributed by atoms with van der Waals surface area (Å²) < 4.78 is 26.4. The minimum atomic E-state index is -0.748. The molecule has 0 spiro atoms. The Bertz CT molecular complexity index is 232. The Morgan fingerprint density at radius 1 is 0.952 bits per heavy atom. The van der Waals surface area contributed by atoms with Crippen LogP contribution in [0.1, 0.15) is 0 Å². The lowest BCUT2D eigenvalue weighted by Crippen LogP contribution is -2.35. The summed E-state index contributed by atoms with van der Waals surface area (Å²) in [5, 5.41) is 28.2. The van der Waals surface area contributed by atoms with Crippen molar-refractivity contribution in [3.63, 3.8) is 0 Å². The minimum absolute atomic E-state index is 0.0961. The van der Waals surface area contributed by atoms with E-state index in [4.69, 9.17) is 28.8 Å². The Morgan fingerprint density at radius 2 is 1.43 bits per heavy atom. The van der Waals surface area contributed by atoms with Crippen molar-refractivity contribution in [3.8, 4) is 0 Å². The van der Waals surface area contributed by atoms with Crippen molar-refractivity contribution in [2.24, 2.45) is 0 Å². The van der Waals surface area contributed by atoms with E-state index in [1.54, 1.807) is 0 Å². The molecule has 3 N–H and O–H groups in total. The molecule has 1 saturated heterocycles. The van der Waals surface area contributed by atoms with Gasteiger partial charge in [-0.1, -0.05) is 0 Å². The van der Waals surface area contributed by atoms with Gasteiger partial charge in [-0.05, 0) is 0 Å². The number of methoxy groups -OCH3 is 1. The summed E-state index contributed by atoms with van der Waals surface area (Å²) in [6, 6.07) is 0. The minimum Gasteiger partial charge on any atom is -0.394 e. The van der Waals surface area contributed by atoms with Gasteiger partial charge in [-0.2, -0.15) is 0 Å². The predicted octanol–water partition coefficient (Wildman–Crippen LogP) is -1.84. The van der Waals surface area contributed by atoms with Gasteiger partial charge in [0, 0.05) is 7.11 Å². The average Bonchev–Trinajstić information content (AvgIpc) is 2.46. The lowest BCUT2D eigenvalue weighted by Gasteiger charge is -2.23. The molecule has 0 aliphatic carbocycles.